The molecule has 0 saturated carbocycles. The number of hydrogen-bond acceptors (Lipinski definition) is 3. The fourth-order valence-electron chi connectivity index (χ4n) is 1.30. The Morgan fingerprint density at radius 3 is 2.47 bits per heavy atom. The highest BCUT2D eigenvalue weighted by atomic mass is 16.7. The van der Waals surface area contributed by atoms with E-state index in [9.17, 15) is 4.79 Å². The summed E-state index contributed by atoms with van der Waals surface area (Å²) in [6.07, 6.45) is 5.65. The van der Waals surface area contributed by atoms with Crippen molar-refractivity contribution in [3.05, 3.63) is 0 Å². The lowest BCUT2D eigenvalue weighted by molar-refractivity contribution is 0.0118. The molecule has 0 aromatic rings. The molecule has 1 unspecified atom stereocenters. The monoisotopic (exact) mass is 240 g/mol. The second-order valence-corrected chi connectivity index (χ2v) is 4.25. The topological polar surface area (TPSA) is 35.5 Å². The first-order valence-corrected chi connectivity index (χ1v) is 6.35. The van der Waals surface area contributed by atoms with Crippen LogP contribution in [0.15, 0.2) is 0 Å². The fourth-order valence-corrected chi connectivity index (χ4v) is 1.30. The maximum Gasteiger partial charge on any atom is 0.509 e. The Hall–Kier alpha value is -1.17. The van der Waals surface area contributed by atoms with E-state index in [-0.39, 0.29) is 0 Å². The van der Waals surface area contributed by atoms with Crippen molar-refractivity contribution in [1.29, 1.82) is 0 Å². The Kier molecular flexibility index (Phi) is 8.31. The normalized spacial score (nSPS) is 13.2. The predicted molar refractivity (Wildman–Crippen MR) is 68.7 cm³/mol. The summed E-state index contributed by atoms with van der Waals surface area (Å²) in [5, 5.41) is 0. The number of carbonyl (C=O) groups is 1. The highest BCUT2D eigenvalue weighted by Gasteiger charge is 2.24. The zero-order valence-electron chi connectivity index (χ0n) is 11.5. The zero-order chi connectivity index (χ0) is 13.1. The molecule has 0 heterocycles. The first-order chi connectivity index (χ1) is 8.08. The van der Waals surface area contributed by atoms with E-state index in [0.717, 1.165) is 12.8 Å². The van der Waals surface area contributed by atoms with Gasteiger partial charge in [0.1, 0.15) is 0 Å². The Labute approximate surface area is 105 Å². The molecule has 0 spiro atoms. The van der Waals surface area contributed by atoms with Crippen molar-refractivity contribution in [1.82, 2.24) is 0 Å². The molecule has 0 aromatic heterocycles. The average molecular weight is 240 g/mol. The summed E-state index contributed by atoms with van der Waals surface area (Å²) in [5.41, 5.74) is -0.724. The van der Waals surface area contributed by atoms with Crippen molar-refractivity contribution in [3.8, 4) is 11.8 Å². The maximum atomic E-state index is 11.0. The van der Waals surface area contributed by atoms with Crippen LogP contribution in [0.3, 0.4) is 0 Å². The van der Waals surface area contributed by atoms with Gasteiger partial charge in [-0.25, -0.2) is 4.79 Å². The lowest BCUT2D eigenvalue weighted by Gasteiger charge is -2.21. The molecule has 17 heavy (non-hydrogen) atoms. The molecule has 3 nitrogen and oxygen atoms in total. The van der Waals surface area contributed by atoms with Crippen molar-refractivity contribution < 1.29 is 14.3 Å². The summed E-state index contributed by atoms with van der Waals surface area (Å²) in [7, 11) is 1.30. The van der Waals surface area contributed by atoms with E-state index in [4.69, 9.17) is 4.74 Å². The van der Waals surface area contributed by atoms with Gasteiger partial charge in [-0.2, -0.15) is 0 Å². The van der Waals surface area contributed by atoms with E-state index in [2.05, 4.69) is 23.5 Å². The van der Waals surface area contributed by atoms with E-state index >= 15 is 0 Å². The lowest BCUT2D eigenvalue weighted by atomic mass is 10.0. The minimum absolute atomic E-state index is 0.657. The van der Waals surface area contributed by atoms with Crippen LogP contribution in [0.2, 0.25) is 0 Å². The standard InChI is InChI=1S/C14H24O3/c1-5-7-8-9-10-11-12-14(3,6-2)17-13(15)16-4/h5-10H2,1-4H3. The highest BCUT2D eigenvalue weighted by Crippen LogP contribution is 2.15. The Morgan fingerprint density at radius 1 is 1.24 bits per heavy atom. The summed E-state index contributed by atoms with van der Waals surface area (Å²) >= 11 is 0. The number of rotatable bonds is 6. The molecule has 3 heteroatoms. The molecular formula is C14H24O3. The predicted octanol–water partition coefficient (Wildman–Crippen LogP) is 3.91. The molecule has 0 saturated heterocycles. The van der Waals surface area contributed by atoms with Gasteiger partial charge in [0.15, 0.2) is 5.60 Å². The minimum atomic E-state index is -0.724. The van der Waals surface area contributed by atoms with Crippen LogP contribution in [0.1, 0.15) is 59.3 Å². The van der Waals surface area contributed by atoms with Gasteiger partial charge in [-0.3, -0.25) is 0 Å². The van der Waals surface area contributed by atoms with Gasteiger partial charge >= 0.3 is 6.16 Å². The molecule has 0 aromatic carbocycles. The number of unbranched alkanes of at least 4 members (excludes halogenated alkanes) is 4. The van der Waals surface area contributed by atoms with E-state index < -0.39 is 11.8 Å². The molecule has 0 aliphatic carbocycles. The summed E-state index contributed by atoms with van der Waals surface area (Å²) in [5.74, 6) is 6.10. The van der Waals surface area contributed by atoms with Gasteiger partial charge in [0, 0.05) is 6.42 Å². The van der Waals surface area contributed by atoms with Crippen LogP contribution in [0.25, 0.3) is 0 Å². The van der Waals surface area contributed by atoms with Crippen molar-refractivity contribution in [2.75, 3.05) is 7.11 Å². The molecule has 0 radical (unpaired) electrons. The van der Waals surface area contributed by atoms with Gasteiger partial charge in [0.05, 0.1) is 7.11 Å². The molecule has 0 amide bonds. The SMILES string of the molecule is CCCCCCC#CC(C)(CC)OC(=O)OC. The van der Waals surface area contributed by atoms with Gasteiger partial charge in [0.2, 0.25) is 0 Å². The van der Waals surface area contributed by atoms with Crippen LogP contribution < -0.4 is 0 Å². The summed E-state index contributed by atoms with van der Waals surface area (Å²) in [6, 6.07) is 0. The number of hydrogen-bond donors (Lipinski definition) is 0. The van der Waals surface area contributed by atoms with E-state index in [1.54, 1.807) is 0 Å². The fraction of sp³-hybridized carbons (Fsp3) is 0.786. The Balaban J connectivity index is 4.09. The average Bonchev–Trinajstić information content (AvgIpc) is 2.33. The number of ether oxygens (including phenoxy) is 2. The van der Waals surface area contributed by atoms with Crippen molar-refractivity contribution in [2.24, 2.45) is 0 Å². The molecule has 0 N–H and O–H groups in total. The third-order valence-corrected chi connectivity index (χ3v) is 2.66. The Bertz CT molecular complexity index is 275. The molecule has 0 fully saturated rings. The summed E-state index contributed by atoms with van der Waals surface area (Å²) in [4.78, 5) is 11.0. The molecule has 1 atom stereocenters. The third-order valence-electron chi connectivity index (χ3n) is 2.66. The lowest BCUT2D eigenvalue weighted by Crippen LogP contribution is -2.29. The van der Waals surface area contributed by atoms with Gasteiger partial charge in [0.25, 0.3) is 0 Å². The number of carbonyl (C=O) groups excluding carboxylic acids is 1. The summed E-state index contributed by atoms with van der Waals surface area (Å²) in [6.45, 7) is 5.93. The maximum absolute atomic E-state index is 11.0. The largest absolute Gasteiger partial charge is 0.509 e. The van der Waals surface area contributed by atoms with Gasteiger partial charge in [-0.1, -0.05) is 45.0 Å². The van der Waals surface area contributed by atoms with E-state index in [1.807, 2.05) is 13.8 Å². The quantitative estimate of drug-likeness (QED) is 0.401. The van der Waals surface area contributed by atoms with Crippen LogP contribution in [-0.2, 0) is 9.47 Å². The van der Waals surface area contributed by atoms with Crippen molar-refractivity contribution in [2.45, 2.75) is 64.9 Å². The van der Waals surface area contributed by atoms with E-state index in [0.29, 0.717) is 6.42 Å². The smallest absolute Gasteiger partial charge is 0.438 e. The molecule has 0 aliphatic heterocycles. The van der Waals surface area contributed by atoms with Crippen molar-refractivity contribution >= 4 is 6.16 Å². The molecule has 0 bridgehead atoms. The third kappa shape index (κ3) is 7.68. The van der Waals surface area contributed by atoms with Crippen LogP contribution >= 0.6 is 0 Å². The molecule has 98 valence electrons. The second-order valence-electron chi connectivity index (χ2n) is 4.25. The molecule has 0 rings (SSSR count). The Morgan fingerprint density at radius 2 is 1.94 bits per heavy atom. The van der Waals surface area contributed by atoms with Gasteiger partial charge in [-0.15, -0.1) is 0 Å². The van der Waals surface area contributed by atoms with E-state index in [1.165, 1.54) is 26.4 Å². The first-order valence-electron chi connectivity index (χ1n) is 6.35. The highest BCUT2D eigenvalue weighted by molar-refractivity contribution is 5.60. The van der Waals surface area contributed by atoms with Crippen molar-refractivity contribution in [3.63, 3.8) is 0 Å². The number of methoxy groups -OCH3 is 1. The first kappa shape index (κ1) is 15.8. The minimum Gasteiger partial charge on any atom is -0.438 e. The van der Waals surface area contributed by atoms with Crippen LogP contribution in [-0.4, -0.2) is 18.9 Å². The molecular weight excluding hydrogens is 216 g/mol. The summed E-state index contributed by atoms with van der Waals surface area (Å²) < 4.78 is 9.61. The van der Waals surface area contributed by atoms with Crippen LogP contribution in [0.4, 0.5) is 4.79 Å². The van der Waals surface area contributed by atoms with Gasteiger partial charge < -0.3 is 9.47 Å². The zero-order valence-corrected chi connectivity index (χ0v) is 11.5. The second kappa shape index (κ2) is 8.92. The van der Waals surface area contributed by atoms with Crippen LogP contribution in [0, 0.1) is 11.8 Å². The van der Waals surface area contributed by atoms with Crippen LogP contribution in [0.5, 0.6) is 0 Å². The van der Waals surface area contributed by atoms with Gasteiger partial charge in [-0.05, 0) is 19.8 Å². The molecule has 0 aliphatic rings.